The zero-order valence-corrected chi connectivity index (χ0v) is 13.5. The third kappa shape index (κ3) is 4.00. The van der Waals surface area contributed by atoms with Crippen molar-refractivity contribution < 1.29 is 19.1 Å². The number of hydrogen-bond donors (Lipinski definition) is 2. The van der Waals surface area contributed by atoms with Crippen molar-refractivity contribution in [2.24, 2.45) is 0 Å². The van der Waals surface area contributed by atoms with Gasteiger partial charge in [0.25, 0.3) is 5.91 Å². The van der Waals surface area contributed by atoms with Gasteiger partial charge in [0, 0.05) is 24.7 Å². The summed E-state index contributed by atoms with van der Waals surface area (Å²) in [6.07, 6.45) is 0.625. The van der Waals surface area contributed by atoms with Crippen LogP contribution in [0.5, 0.6) is 5.75 Å². The van der Waals surface area contributed by atoms with Gasteiger partial charge in [-0.1, -0.05) is 6.07 Å². The van der Waals surface area contributed by atoms with Crippen LogP contribution in [-0.2, 0) is 9.59 Å². The summed E-state index contributed by atoms with van der Waals surface area (Å²) in [5.74, 6) is 0.213. The predicted octanol–water partition coefficient (Wildman–Crippen LogP) is 1.74. The molecule has 0 aliphatic carbocycles. The van der Waals surface area contributed by atoms with Crippen LogP contribution in [0.1, 0.15) is 26.7 Å². The van der Waals surface area contributed by atoms with Crippen LogP contribution >= 0.6 is 0 Å². The van der Waals surface area contributed by atoms with Crippen molar-refractivity contribution in [1.29, 1.82) is 0 Å². The number of methoxy groups -OCH3 is 1. The molecule has 2 N–H and O–H groups in total. The fourth-order valence-corrected chi connectivity index (χ4v) is 2.34. The van der Waals surface area contributed by atoms with Crippen LogP contribution in [0.2, 0.25) is 0 Å². The molecule has 2 rings (SSSR count). The Morgan fingerprint density at radius 1 is 1.35 bits per heavy atom. The molecule has 1 heterocycles. The molecule has 7 heteroatoms. The lowest BCUT2D eigenvalue weighted by molar-refractivity contribution is -0.130. The Morgan fingerprint density at radius 2 is 2.09 bits per heavy atom. The molecule has 0 spiro atoms. The highest BCUT2D eigenvalue weighted by Gasteiger charge is 2.43. The van der Waals surface area contributed by atoms with Crippen molar-refractivity contribution >= 4 is 23.5 Å². The quantitative estimate of drug-likeness (QED) is 0.782. The van der Waals surface area contributed by atoms with Crippen molar-refractivity contribution in [2.45, 2.75) is 32.2 Å². The van der Waals surface area contributed by atoms with Gasteiger partial charge in [-0.15, -0.1) is 0 Å². The molecule has 0 bridgehead atoms. The summed E-state index contributed by atoms with van der Waals surface area (Å²) >= 11 is 0. The molecule has 0 radical (unpaired) electrons. The normalized spacial score (nSPS) is 16.2. The van der Waals surface area contributed by atoms with E-state index in [-0.39, 0.29) is 24.8 Å². The lowest BCUT2D eigenvalue weighted by atomic mass is 10.1. The lowest BCUT2D eigenvalue weighted by Gasteiger charge is -2.15. The van der Waals surface area contributed by atoms with E-state index in [2.05, 4.69) is 10.6 Å². The first kappa shape index (κ1) is 16.8. The van der Waals surface area contributed by atoms with Gasteiger partial charge in [-0.3, -0.25) is 14.5 Å². The SMILES string of the molecule is COc1cccc(NC(=O)CCCN2C(=O)NC(C)(C)C2=O)c1. The molecule has 1 saturated heterocycles. The van der Waals surface area contributed by atoms with Gasteiger partial charge >= 0.3 is 6.03 Å². The highest BCUT2D eigenvalue weighted by molar-refractivity contribution is 6.06. The molecule has 4 amide bonds. The maximum Gasteiger partial charge on any atom is 0.325 e. The van der Waals surface area contributed by atoms with Crippen molar-refractivity contribution in [3.8, 4) is 5.75 Å². The van der Waals surface area contributed by atoms with Gasteiger partial charge < -0.3 is 15.4 Å². The molecule has 0 saturated carbocycles. The van der Waals surface area contributed by atoms with Crippen LogP contribution in [0.4, 0.5) is 10.5 Å². The second-order valence-electron chi connectivity index (χ2n) is 5.90. The molecule has 1 aromatic carbocycles. The highest BCUT2D eigenvalue weighted by atomic mass is 16.5. The molecule has 0 atom stereocenters. The number of nitrogens with one attached hydrogen (secondary N) is 2. The first-order valence-electron chi connectivity index (χ1n) is 7.41. The number of carbonyl (C=O) groups is 3. The molecule has 1 aromatic rings. The number of ether oxygens (including phenoxy) is 1. The predicted molar refractivity (Wildman–Crippen MR) is 85.2 cm³/mol. The molecule has 0 aromatic heterocycles. The van der Waals surface area contributed by atoms with Crippen LogP contribution < -0.4 is 15.4 Å². The van der Waals surface area contributed by atoms with Gasteiger partial charge in [0.15, 0.2) is 0 Å². The molecule has 124 valence electrons. The second kappa shape index (κ2) is 6.68. The zero-order valence-electron chi connectivity index (χ0n) is 13.5. The minimum atomic E-state index is -0.875. The Bertz CT molecular complexity index is 628. The molecule has 1 aliphatic rings. The largest absolute Gasteiger partial charge is 0.497 e. The van der Waals surface area contributed by atoms with Gasteiger partial charge in [-0.05, 0) is 32.4 Å². The minimum Gasteiger partial charge on any atom is -0.497 e. The van der Waals surface area contributed by atoms with E-state index < -0.39 is 11.6 Å². The summed E-state index contributed by atoms with van der Waals surface area (Å²) in [6, 6.07) is 6.64. The van der Waals surface area contributed by atoms with Crippen LogP contribution in [0.15, 0.2) is 24.3 Å². The Balaban J connectivity index is 1.81. The van der Waals surface area contributed by atoms with Gasteiger partial charge in [-0.2, -0.15) is 0 Å². The van der Waals surface area contributed by atoms with E-state index >= 15 is 0 Å². The number of urea groups is 1. The number of carbonyl (C=O) groups excluding carboxylic acids is 3. The fraction of sp³-hybridized carbons (Fsp3) is 0.438. The average Bonchev–Trinajstić information content (AvgIpc) is 2.69. The molecule has 7 nitrogen and oxygen atoms in total. The van der Waals surface area contributed by atoms with Gasteiger partial charge in [-0.25, -0.2) is 4.79 Å². The molecular formula is C16H21N3O4. The maximum atomic E-state index is 12.0. The van der Waals surface area contributed by atoms with Crippen LogP contribution in [0, 0.1) is 0 Å². The summed E-state index contributed by atoms with van der Waals surface area (Å²) < 4.78 is 5.09. The van der Waals surface area contributed by atoms with E-state index in [9.17, 15) is 14.4 Å². The number of imide groups is 1. The number of amides is 4. The number of rotatable bonds is 6. The van der Waals surface area contributed by atoms with Gasteiger partial charge in [0.05, 0.1) is 7.11 Å². The standard InChI is InChI=1S/C16H21N3O4/c1-16(2)14(21)19(15(22)18-16)9-5-8-13(20)17-11-6-4-7-12(10-11)23-3/h4,6-7,10H,5,8-9H2,1-3H3,(H,17,20)(H,18,22). The first-order valence-corrected chi connectivity index (χ1v) is 7.41. The maximum absolute atomic E-state index is 12.0. The Kier molecular flexibility index (Phi) is 4.88. The Morgan fingerprint density at radius 3 is 2.70 bits per heavy atom. The van der Waals surface area contributed by atoms with Crippen molar-refractivity contribution in [3.05, 3.63) is 24.3 Å². The fourth-order valence-electron chi connectivity index (χ4n) is 2.34. The van der Waals surface area contributed by atoms with E-state index in [4.69, 9.17) is 4.74 Å². The average molecular weight is 319 g/mol. The molecule has 1 fully saturated rings. The Hall–Kier alpha value is -2.57. The second-order valence-corrected chi connectivity index (χ2v) is 5.90. The minimum absolute atomic E-state index is 0.176. The highest BCUT2D eigenvalue weighted by Crippen LogP contribution is 2.18. The van der Waals surface area contributed by atoms with Gasteiger partial charge in [0.1, 0.15) is 11.3 Å². The van der Waals surface area contributed by atoms with Crippen LogP contribution in [0.3, 0.4) is 0 Å². The summed E-state index contributed by atoms with van der Waals surface area (Å²) in [5, 5.41) is 5.36. The van der Waals surface area contributed by atoms with E-state index in [0.717, 1.165) is 4.90 Å². The van der Waals surface area contributed by atoms with E-state index in [1.807, 2.05) is 0 Å². The number of nitrogens with zero attached hydrogens (tertiary/aromatic N) is 1. The smallest absolute Gasteiger partial charge is 0.325 e. The topological polar surface area (TPSA) is 87.7 Å². The molecule has 1 aliphatic heterocycles. The van der Waals surface area contributed by atoms with E-state index in [0.29, 0.717) is 17.9 Å². The number of anilines is 1. The first-order chi connectivity index (χ1) is 10.8. The molecule has 0 unspecified atom stereocenters. The summed E-state index contributed by atoms with van der Waals surface area (Å²) in [4.78, 5) is 36.8. The van der Waals surface area contributed by atoms with Gasteiger partial charge in [0.2, 0.25) is 5.91 Å². The van der Waals surface area contributed by atoms with E-state index in [1.165, 1.54) is 0 Å². The Labute approximate surface area is 135 Å². The molecule has 23 heavy (non-hydrogen) atoms. The summed E-state index contributed by atoms with van der Waals surface area (Å²) in [6.45, 7) is 3.53. The number of benzene rings is 1. The van der Waals surface area contributed by atoms with E-state index in [1.54, 1.807) is 45.2 Å². The summed E-state index contributed by atoms with van der Waals surface area (Å²) in [5.41, 5.74) is -0.231. The summed E-state index contributed by atoms with van der Waals surface area (Å²) in [7, 11) is 1.56. The van der Waals surface area contributed by atoms with Crippen molar-refractivity contribution in [1.82, 2.24) is 10.2 Å². The van der Waals surface area contributed by atoms with Crippen molar-refractivity contribution in [2.75, 3.05) is 19.0 Å². The monoisotopic (exact) mass is 319 g/mol. The number of hydrogen-bond acceptors (Lipinski definition) is 4. The van der Waals surface area contributed by atoms with Crippen molar-refractivity contribution in [3.63, 3.8) is 0 Å². The molecular weight excluding hydrogens is 298 g/mol. The third-order valence-corrected chi connectivity index (χ3v) is 3.58. The van der Waals surface area contributed by atoms with Crippen LogP contribution in [0.25, 0.3) is 0 Å². The zero-order chi connectivity index (χ0) is 17.0. The van der Waals surface area contributed by atoms with Crippen LogP contribution in [-0.4, -0.2) is 41.9 Å². The third-order valence-electron chi connectivity index (χ3n) is 3.58. The lowest BCUT2D eigenvalue weighted by Crippen LogP contribution is -2.40.